The lowest BCUT2D eigenvalue weighted by Crippen LogP contribution is -2.25. The van der Waals surface area contributed by atoms with Crippen molar-refractivity contribution in [3.63, 3.8) is 0 Å². The average molecular weight is 327 g/mol. The van der Waals surface area contributed by atoms with Crippen molar-refractivity contribution in [2.45, 2.75) is 19.9 Å². The zero-order valence-corrected chi connectivity index (χ0v) is 13.3. The van der Waals surface area contributed by atoms with E-state index >= 15 is 0 Å². The summed E-state index contributed by atoms with van der Waals surface area (Å²) in [4.78, 5) is 12.1. The lowest BCUT2D eigenvalue weighted by molar-refractivity contribution is 0.0947. The fourth-order valence-corrected chi connectivity index (χ4v) is 2.37. The van der Waals surface area contributed by atoms with Gasteiger partial charge in [-0.25, -0.2) is 4.39 Å². The van der Waals surface area contributed by atoms with Crippen molar-refractivity contribution in [1.82, 2.24) is 25.3 Å². The molecular formula is C17H18FN5O. The van der Waals surface area contributed by atoms with Crippen molar-refractivity contribution < 1.29 is 9.18 Å². The second-order valence-electron chi connectivity index (χ2n) is 5.48. The summed E-state index contributed by atoms with van der Waals surface area (Å²) in [6.07, 6.45) is 2.54. The van der Waals surface area contributed by atoms with E-state index in [2.05, 4.69) is 20.6 Å². The molecule has 2 N–H and O–H groups in total. The maximum absolute atomic E-state index is 12.9. The highest BCUT2D eigenvalue weighted by Gasteiger charge is 2.10. The number of nitrogens with one attached hydrogen (secondary N) is 2. The minimum Gasteiger partial charge on any atom is -0.351 e. The van der Waals surface area contributed by atoms with Gasteiger partial charge in [-0.15, -0.1) is 0 Å². The number of H-pyrrole nitrogens is 1. The molecule has 0 fully saturated rings. The molecule has 2 heterocycles. The number of halogens is 1. The summed E-state index contributed by atoms with van der Waals surface area (Å²) in [5.74, 6) is -0.521. The van der Waals surface area contributed by atoms with Crippen LogP contribution < -0.4 is 5.32 Å². The number of amides is 1. The number of hydrogen-bond acceptors (Lipinski definition) is 3. The summed E-state index contributed by atoms with van der Waals surface area (Å²) in [5.41, 5.74) is 2.83. The Balaban J connectivity index is 1.52. The van der Waals surface area contributed by atoms with Crippen molar-refractivity contribution in [2.24, 2.45) is 0 Å². The number of aromatic amines is 1. The predicted octanol–water partition coefficient (Wildman–Crippen LogP) is 2.54. The average Bonchev–Trinajstić information content (AvgIpc) is 3.22. The Bertz CT molecular complexity index is 822. The normalized spacial score (nSPS) is 10.8. The van der Waals surface area contributed by atoms with Gasteiger partial charge in [0.2, 0.25) is 0 Å². The van der Waals surface area contributed by atoms with E-state index in [1.165, 1.54) is 12.1 Å². The molecule has 1 amide bonds. The molecule has 6 nitrogen and oxygen atoms in total. The Hall–Kier alpha value is -2.96. The summed E-state index contributed by atoms with van der Waals surface area (Å²) >= 11 is 0. The maximum atomic E-state index is 12.9. The number of aromatic nitrogens is 4. The first-order chi connectivity index (χ1) is 11.6. The Labute approximate surface area is 138 Å². The summed E-state index contributed by atoms with van der Waals surface area (Å²) in [6.45, 7) is 3.29. The maximum Gasteiger partial charge on any atom is 0.269 e. The van der Waals surface area contributed by atoms with Crippen LogP contribution in [0.3, 0.4) is 0 Å². The first kappa shape index (κ1) is 15.9. The Morgan fingerprint density at radius 3 is 2.79 bits per heavy atom. The molecule has 0 saturated carbocycles. The quantitative estimate of drug-likeness (QED) is 0.683. The highest BCUT2D eigenvalue weighted by molar-refractivity contribution is 5.93. The van der Waals surface area contributed by atoms with Crippen LogP contribution in [0.1, 0.15) is 22.6 Å². The minimum atomic E-state index is -0.306. The van der Waals surface area contributed by atoms with E-state index in [0.717, 1.165) is 24.2 Å². The molecule has 3 aromatic rings. The zero-order valence-electron chi connectivity index (χ0n) is 13.3. The van der Waals surface area contributed by atoms with Crippen molar-refractivity contribution in [3.05, 3.63) is 59.8 Å². The van der Waals surface area contributed by atoms with Gasteiger partial charge in [-0.2, -0.15) is 10.2 Å². The molecule has 0 aliphatic carbocycles. The molecule has 0 aliphatic rings. The van der Waals surface area contributed by atoms with Crippen LogP contribution in [0.2, 0.25) is 0 Å². The Morgan fingerprint density at radius 1 is 1.29 bits per heavy atom. The van der Waals surface area contributed by atoms with Crippen LogP contribution in [0.5, 0.6) is 0 Å². The van der Waals surface area contributed by atoms with Gasteiger partial charge in [0.15, 0.2) is 0 Å². The summed E-state index contributed by atoms with van der Waals surface area (Å²) in [6, 6.07) is 9.57. The molecule has 0 atom stereocenters. The first-order valence-corrected chi connectivity index (χ1v) is 7.71. The van der Waals surface area contributed by atoms with E-state index in [4.69, 9.17) is 0 Å². The standard InChI is InChI=1S/C17H18FN5O/c1-12-7-9-20-23(12)10-2-8-19-17(24)16-11-15(21-22-16)13-3-5-14(18)6-4-13/h3-7,9,11H,2,8,10H2,1H3,(H,19,24)(H,21,22). The molecule has 3 rings (SSSR count). The SMILES string of the molecule is Cc1ccnn1CCCNC(=O)c1cc(-c2ccc(F)cc2)n[nH]1. The van der Waals surface area contributed by atoms with Gasteiger partial charge in [-0.05, 0) is 49.7 Å². The van der Waals surface area contributed by atoms with Crippen molar-refractivity contribution >= 4 is 5.91 Å². The van der Waals surface area contributed by atoms with E-state index in [-0.39, 0.29) is 11.7 Å². The number of rotatable bonds is 6. The monoisotopic (exact) mass is 327 g/mol. The van der Waals surface area contributed by atoms with Crippen molar-refractivity contribution in [2.75, 3.05) is 6.54 Å². The molecule has 0 aliphatic heterocycles. The van der Waals surface area contributed by atoms with Crippen molar-refractivity contribution in [3.8, 4) is 11.3 Å². The van der Waals surface area contributed by atoms with Crippen LogP contribution in [0, 0.1) is 12.7 Å². The number of carbonyl (C=O) groups excluding carboxylic acids is 1. The number of aryl methyl sites for hydroxylation is 2. The van der Waals surface area contributed by atoms with E-state index in [1.54, 1.807) is 24.4 Å². The number of carbonyl (C=O) groups is 1. The van der Waals surface area contributed by atoms with Crippen LogP contribution in [-0.2, 0) is 6.54 Å². The van der Waals surface area contributed by atoms with Gasteiger partial charge < -0.3 is 5.32 Å². The third-order valence-electron chi connectivity index (χ3n) is 3.72. The van der Waals surface area contributed by atoms with Crippen LogP contribution in [0.15, 0.2) is 42.6 Å². The third kappa shape index (κ3) is 3.68. The predicted molar refractivity (Wildman–Crippen MR) is 87.9 cm³/mol. The molecule has 2 aromatic heterocycles. The first-order valence-electron chi connectivity index (χ1n) is 7.71. The summed E-state index contributed by atoms with van der Waals surface area (Å²) < 4.78 is 14.8. The van der Waals surface area contributed by atoms with E-state index in [0.29, 0.717) is 17.9 Å². The van der Waals surface area contributed by atoms with Gasteiger partial charge >= 0.3 is 0 Å². The Kier molecular flexibility index (Phi) is 4.69. The van der Waals surface area contributed by atoms with E-state index in [9.17, 15) is 9.18 Å². The van der Waals surface area contributed by atoms with Gasteiger partial charge in [0.1, 0.15) is 11.5 Å². The molecule has 124 valence electrons. The second-order valence-corrected chi connectivity index (χ2v) is 5.48. The Morgan fingerprint density at radius 2 is 2.08 bits per heavy atom. The fraction of sp³-hybridized carbons (Fsp3) is 0.235. The molecule has 24 heavy (non-hydrogen) atoms. The van der Waals surface area contributed by atoms with Gasteiger partial charge in [-0.3, -0.25) is 14.6 Å². The number of hydrogen-bond donors (Lipinski definition) is 2. The number of nitrogens with zero attached hydrogens (tertiary/aromatic N) is 3. The molecule has 7 heteroatoms. The van der Waals surface area contributed by atoms with Gasteiger partial charge in [0, 0.05) is 30.5 Å². The third-order valence-corrected chi connectivity index (χ3v) is 3.72. The van der Waals surface area contributed by atoms with Gasteiger partial charge in [0.25, 0.3) is 5.91 Å². The van der Waals surface area contributed by atoms with Crippen molar-refractivity contribution in [1.29, 1.82) is 0 Å². The second kappa shape index (κ2) is 7.08. The fourth-order valence-electron chi connectivity index (χ4n) is 2.37. The highest BCUT2D eigenvalue weighted by Crippen LogP contribution is 2.17. The van der Waals surface area contributed by atoms with Crippen LogP contribution >= 0.6 is 0 Å². The van der Waals surface area contributed by atoms with E-state index < -0.39 is 0 Å². The lowest BCUT2D eigenvalue weighted by Gasteiger charge is -2.05. The van der Waals surface area contributed by atoms with Gasteiger partial charge in [-0.1, -0.05) is 0 Å². The molecule has 1 aromatic carbocycles. The molecule has 0 saturated heterocycles. The topological polar surface area (TPSA) is 75.6 Å². The molecule has 0 bridgehead atoms. The lowest BCUT2D eigenvalue weighted by atomic mass is 10.1. The highest BCUT2D eigenvalue weighted by atomic mass is 19.1. The molecule has 0 spiro atoms. The number of benzene rings is 1. The van der Waals surface area contributed by atoms with E-state index in [1.807, 2.05) is 17.7 Å². The minimum absolute atomic E-state index is 0.215. The smallest absolute Gasteiger partial charge is 0.269 e. The summed E-state index contributed by atoms with van der Waals surface area (Å²) in [7, 11) is 0. The largest absolute Gasteiger partial charge is 0.351 e. The van der Waals surface area contributed by atoms with Crippen LogP contribution in [0.25, 0.3) is 11.3 Å². The van der Waals surface area contributed by atoms with Crippen LogP contribution in [0.4, 0.5) is 4.39 Å². The van der Waals surface area contributed by atoms with Gasteiger partial charge in [0.05, 0.1) is 5.69 Å². The van der Waals surface area contributed by atoms with Crippen LogP contribution in [-0.4, -0.2) is 32.4 Å². The molecular weight excluding hydrogens is 309 g/mol. The summed E-state index contributed by atoms with van der Waals surface area (Å²) in [5, 5.41) is 13.8. The zero-order chi connectivity index (χ0) is 16.9. The molecule has 0 unspecified atom stereocenters. The molecule has 0 radical (unpaired) electrons.